The van der Waals surface area contributed by atoms with Gasteiger partial charge in [-0.2, -0.15) is 0 Å². The van der Waals surface area contributed by atoms with Crippen molar-refractivity contribution in [2.75, 3.05) is 11.6 Å². The summed E-state index contributed by atoms with van der Waals surface area (Å²) in [6.07, 6.45) is 1.98. The van der Waals surface area contributed by atoms with Crippen molar-refractivity contribution >= 4 is 23.4 Å². The van der Waals surface area contributed by atoms with E-state index < -0.39 is 17.5 Å². The number of benzene rings is 2. The fraction of sp³-hybridized carbons (Fsp3) is 0.133. The van der Waals surface area contributed by atoms with Gasteiger partial charge in [-0.1, -0.05) is 12.1 Å². The lowest BCUT2D eigenvalue weighted by atomic mass is 10.1. The number of carbonyl (C=O) groups excluding carboxylic acids is 1. The molecule has 0 saturated carbocycles. The Morgan fingerprint density at radius 2 is 1.86 bits per heavy atom. The summed E-state index contributed by atoms with van der Waals surface area (Å²) in [5.41, 5.74) is 5.69. The predicted octanol–water partition coefficient (Wildman–Crippen LogP) is 3.40. The van der Waals surface area contributed by atoms with Crippen molar-refractivity contribution in [1.82, 2.24) is 0 Å². The molecular formula is C15H14F2N2OS. The van der Waals surface area contributed by atoms with Crippen LogP contribution in [-0.2, 0) is 6.54 Å². The molecule has 0 unspecified atom stereocenters. The maximum Gasteiger partial charge on any atom is 0.251 e. The molecule has 110 valence electrons. The second-order valence-electron chi connectivity index (χ2n) is 4.38. The first-order chi connectivity index (χ1) is 10.0. The molecule has 6 heteroatoms. The van der Waals surface area contributed by atoms with Crippen LogP contribution in [0.4, 0.5) is 14.5 Å². The minimum Gasteiger partial charge on any atom is -0.379 e. The van der Waals surface area contributed by atoms with E-state index in [1.54, 1.807) is 11.8 Å². The van der Waals surface area contributed by atoms with E-state index >= 15 is 0 Å². The summed E-state index contributed by atoms with van der Waals surface area (Å²) in [5.74, 6) is -2.66. The second-order valence-corrected chi connectivity index (χ2v) is 5.26. The number of carbonyl (C=O) groups is 1. The quantitative estimate of drug-likeness (QED) is 0.832. The van der Waals surface area contributed by atoms with Gasteiger partial charge in [-0.3, -0.25) is 4.79 Å². The molecule has 3 nitrogen and oxygen atoms in total. The largest absolute Gasteiger partial charge is 0.379 e. The van der Waals surface area contributed by atoms with Gasteiger partial charge < -0.3 is 11.1 Å². The highest BCUT2D eigenvalue weighted by Crippen LogP contribution is 2.21. The van der Waals surface area contributed by atoms with Gasteiger partial charge in [0.1, 0.15) is 11.6 Å². The SMILES string of the molecule is CSc1ccc(CNc2cc(C(N)=O)c(F)cc2F)cc1. The average Bonchev–Trinajstić information content (AvgIpc) is 2.46. The maximum absolute atomic E-state index is 13.7. The Morgan fingerprint density at radius 1 is 1.19 bits per heavy atom. The third-order valence-electron chi connectivity index (χ3n) is 2.96. The smallest absolute Gasteiger partial charge is 0.251 e. The van der Waals surface area contributed by atoms with Gasteiger partial charge in [0.25, 0.3) is 5.91 Å². The van der Waals surface area contributed by atoms with E-state index in [2.05, 4.69) is 5.32 Å². The number of hydrogen-bond acceptors (Lipinski definition) is 3. The summed E-state index contributed by atoms with van der Waals surface area (Å²) in [6, 6.07) is 9.47. The number of nitrogens with two attached hydrogens (primary N) is 1. The van der Waals surface area contributed by atoms with Crippen LogP contribution in [-0.4, -0.2) is 12.2 Å². The van der Waals surface area contributed by atoms with Crippen molar-refractivity contribution in [2.24, 2.45) is 5.73 Å². The average molecular weight is 308 g/mol. The van der Waals surface area contributed by atoms with Crippen LogP contribution >= 0.6 is 11.8 Å². The number of primary amides is 1. The van der Waals surface area contributed by atoms with Gasteiger partial charge in [-0.05, 0) is 30.0 Å². The number of rotatable bonds is 5. The molecule has 2 aromatic carbocycles. The highest BCUT2D eigenvalue weighted by molar-refractivity contribution is 7.98. The second kappa shape index (κ2) is 6.58. The Balaban J connectivity index is 2.15. The van der Waals surface area contributed by atoms with Crippen LogP contribution in [0.3, 0.4) is 0 Å². The van der Waals surface area contributed by atoms with Crippen molar-refractivity contribution in [1.29, 1.82) is 0 Å². The van der Waals surface area contributed by atoms with E-state index in [9.17, 15) is 13.6 Å². The van der Waals surface area contributed by atoms with Crippen molar-refractivity contribution in [2.45, 2.75) is 11.4 Å². The summed E-state index contributed by atoms with van der Waals surface area (Å²) in [7, 11) is 0. The van der Waals surface area contributed by atoms with E-state index in [-0.39, 0.29) is 11.3 Å². The molecule has 0 atom stereocenters. The molecule has 0 aliphatic rings. The molecular weight excluding hydrogens is 294 g/mol. The number of halogens is 2. The molecule has 0 aliphatic heterocycles. The highest BCUT2D eigenvalue weighted by Gasteiger charge is 2.13. The molecule has 2 aromatic rings. The van der Waals surface area contributed by atoms with Crippen LogP contribution in [0.1, 0.15) is 15.9 Å². The Morgan fingerprint density at radius 3 is 2.43 bits per heavy atom. The topological polar surface area (TPSA) is 55.1 Å². The zero-order valence-electron chi connectivity index (χ0n) is 11.3. The summed E-state index contributed by atoms with van der Waals surface area (Å²) in [6.45, 7) is 0.357. The Bertz CT molecular complexity index is 659. The molecule has 21 heavy (non-hydrogen) atoms. The van der Waals surface area contributed by atoms with Gasteiger partial charge in [0, 0.05) is 17.5 Å². The standard InChI is InChI=1S/C15H14F2N2OS/c1-21-10-4-2-9(3-5-10)8-19-14-6-11(15(18)20)12(16)7-13(14)17/h2-7,19H,8H2,1H3,(H2,18,20). The Labute approximate surface area is 125 Å². The van der Waals surface area contributed by atoms with Crippen LogP contribution < -0.4 is 11.1 Å². The number of amides is 1. The van der Waals surface area contributed by atoms with Gasteiger partial charge in [-0.25, -0.2) is 8.78 Å². The molecule has 0 bridgehead atoms. The Kier molecular flexibility index (Phi) is 4.80. The summed E-state index contributed by atoms with van der Waals surface area (Å²) in [5, 5.41) is 2.83. The summed E-state index contributed by atoms with van der Waals surface area (Å²) < 4.78 is 27.0. The normalized spacial score (nSPS) is 10.4. The van der Waals surface area contributed by atoms with Gasteiger partial charge in [0.2, 0.25) is 0 Å². The monoisotopic (exact) mass is 308 g/mol. The lowest BCUT2D eigenvalue weighted by Gasteiger charge is -2.10. The van der Waals surface area contributed by atoms with Crippen molar-refractivity contribution in [3.05, 3.63) is 59.2 Å². The first-order valence-electron chi connectivity index (χ1n) is 6.17. The molecule has 0 aliphatic carbocycles. The molecule has 0 radical (unpaired) electrons. The van der Waals surface area contributed by atoms with Crippen LogP contribution in [0.15, 0.2) is 41.3 Å². The van der Waals surface area contributed by atoms with Crippen molar-refractivity contribution in [3.63, 3.8) is 0 Å². The number of nitrogens with one attached hydrogen (secondary N) is 1. The van der Waals surface area contributed by atoms with Gasteiger partial charge in [0.05, 0.1) is 11.3 Å². The minimum atomic E-state index is -0.963. The van der Waals surface area contributed by atoms with Crippen LogP contribution in [0.5, 0.6) is 0 Å². The zero-order chi connectivity index (χ0) is 15.4. The number of thioether (sulfide) groups is 1. The predicted molar refractivity (Wildman–Crippen MR) is 80.4 cm³/mol. The first kappa shape index (κ1) is 15.3. The van der Waals surface area contributed by atoms with E-state index in [1.807, 2.05) is 30.5 Å². The van der Waals surface area contributed by atoms with Gasteiger partial charge in [-0.15, -0.1) is 11.8 Å². The number of anilines is 1. The molecule has 0 saturated heterocycles. The van der Waals surface area contributed by atoms with Crippen molar-refractivity contribution < 1.29 is 13.6 Å². The number of hydrogen-bond donors (Lipinski definition) is 2. The van der Waals surface area contributed by atoms with E-state index in [0.717, 1.165) is 16.5 Å². The van der Waals surface area contributed by atoms with Crippen LogP contribution in [0, 0.1) is 11.6 Å². The molecule has 0 aromatic heterocycles. The third-order valence-corrected chi connectivity index (χ3v) is 3.71. The maximum atomic E-state index is 13.7. The molecule has 2 rings (SSSR count). The molecule has 1 amide bonds. The lowest BCUT2D eigenvalue weighted by Crippen LogP contribution is -2.14. The van der Waals surface area contributed by atoms with E-state index in [0.29, 0.717) is 12.6 Å². The van der Waals surface area contributed by atoms with Crippen LogP contribution in [0.25, 0.3) is 0 Å². The fourth-order valence-corrected chi connectivity index (χ4v) is 2.22. The summed E-state index contributed by atoms with van der Waals surface area (Å²) >= 11 is 1.63. The molecule has 3 N–H and O–H groups in total. The molecule has 0 spiro atoms. The molecule has 0 heterocycles. The Hall–Kier alpha value is -2.08. The van der Waals surface area contributed by atoms with Gasteiger partial charge in [0.15, 0.2) is 0 Å². The van der Waals surface area contributed by atoms with Crippen molar-refractivity contribution in [3.8, 4) is 0 Å². The van der Waals surface area contributed by atoms with Gasteiger partial charge >= 0.3 is 0 Å². The third kappa shape index (κ3) is 3.72. The highest BCUT2D eigenvalue weighted by atomic mass is 32.2. The fourth-order valence-electron chi connectivity index (χ4n) is 1.81. The first-order valence-corrected chi connectivity index (χ1v) is 7.39. The van der Waals surface area contributed by atoms with E-state index in [1.165, 1.54) is 0 Å². The summed E-state index contributed by atoms with van der Waals surface area (Å²) in [4.78, 5) is 12.2. The minimum absolute atomic E-state index is 0.0409. The molecule has 0 fully saturated rings. The van der Waals surface area contributed by atoms with Crippen LogP contribution in [0.2, 0.25) is 0 Å². The zero-order valence-corrected chi connectivity index (χ0v) is 12.1. The lowest BCUT2D eigenvalue weighted by molar-refractivity contribution is 0.0996. The van der Waals surface area contributed by atoms with E-state index in [4.69, 9.17) is 5.73 Å².